The number of alkyl halides is 3. The van der Waals surface area contributed by atoms with E-state index in [0.29, 0.717) is 6.07 Å². The highest BCUT2D eigenvalue weighted by Gasteiger charge is 2.33. The second kappa shape index (κ2) is 9.89. The molecule has 3 aromatic rings. The Bertz CT molecular complexity index is 1170. The topological polar surface area (TPSA) is 72.5 Å². The number of hydrogen-bond acceptors (Lipinski definition) is 4. The molecule has 1 aromatic heterocycles. The van der Waals surface area contributed by atoms with Crippen LogP contribution in [-0.4, -0.2) is 15.7 Å². The molecule has 0 aliphatic rings. The highest BCUT2D eigenvalue weighted by atomic mass is 19.4. The number of nitro benzene ring substituents is 1. The molecule has 33 heavy (non-hydrogen) atoms. The number of nitro groups is 1. The third-order valence-electron chi connectivity index (χ3n) is 5.39. The lowest BCUT2D eigenvalue weighted by Gasteiger charge is -2.10. The SMILES string of the molecule is CCCCc1ccc(-n2c(C)cc(/C=N\Nc3ccc(C(F)(F)F)cc3[N+](=O)[O-])c2C)cc1. The number of hydrazone groups is 1. The lowest BCUT2D eigenvalue weighted by molar-refractivity contribution is -0.384. The fourth-order valence-electron chi connectivity index (χ4n) is 3.63. The zero-order valence-electron chi connectivity index (χ0n) is 18.6. The molecule has 0 fully saturated rings. The van der Waals surface area contributed by atoms with Crippen LogP contribution in [0.25, 0.3) is 5.69 Å². The van der Waals surface area contributed by atoms with Gasteiger partial charge in [0.15, 0.2) is 0 Å². The minimum absolute atomic E-state index is 0.124. The molecule has 0 aliphatic heterocycles. The number of halogens is 3. The van der Waals surface area contributed by atoms with Crippen LogP contribution in [0.3, 0.4) is 0 Å². The van der Waals surface area contributed by atoms with E-state index in [0.717, 1.165) is 54.0 Å². The molecular formula is C24H25F3N4O2. The van der Waals surface area contributed by atoms with E-state index in [1.165, 1.54) is 11.8 Å². The quantitative estimate of drug-likeness (QED) is 0.229. The fraction of sp³-hybridized carbons (Fsp3) is 0.292. The van der Waals surface area contributed by atoms with Crippen LogP contribution in [0.1, 0.15) is 47.8 Å². The molecule has 174 valence electrons. The molecule has 1 N–H and O–H groups in total. The van der Waals surface area contributed by atoms with Crippen LogP contribution >= 0.6 is 0 Å². The third kappa shape index (κ3) is 5.60. The van der Waals surface area contributed by atoms with Crippen molar-refractivity contribution in [1.29, 1.82) is 0 Å². The monoisotopic (exact) mass is 458 g/mol. The summed E-state index contributed by atoms with van der Waals surface area (Å²) in [6, 6.07) is 12.6. The summed E-state index contributed by atoms with van der Waals surface area (Å²) in [6.07, 6.45) is 0.157. The Labute approximate surface area is 189 Å². The summed E-state index contributed by atoms with van der Waals surface area (Å²) in [6.45, 7) is 6.05. The Morgan fingerprint density at radius 1 is 1.12 bits per heavy atom. The standard InChI is InChI=1S/C24H25F3N4O2/c1-4-5-6-18-7-10-21(11-8-18)30-16(2)13-19(17(30)3)15-28-29-22-12-9-20(24(25,26)27)14-23(22)31(32)33/h7-15,29H,4-6H2,1-3H3/b28-15-. The second-order valence-corrected chi connectivity index (χ2v) is 7.79. The van der Waals surface area contributed by atoms with Gasteiger partial charge in [0.25, 0.3) is 5.69 Å². The van der Waals surface area contributed by atoms with Crippen molar-refractivity contribution in [3.8, 4) is 5.69 Å². The second-order valence-electron chi connectivity index (χ2n) is 7.79. The minimum Gasteiger partial charge on any atom is -0.318 e. The number of hydrogen-bond donors (Lipinski definition) is 1. The molecule has 6 nitrogen and oxygen atoms in total. The molecule has 0 atom stereocenters. The normalized spacial score (nSPS) is 11.8. The summed E-state index contributed by atoms with van der Waals surface area (Å²) in [4.78, 5) is 10.3. The van der Waals surface area contributed by atoms with Gasteiger partial charge in [-0.2, -0.15) is 18.3 Å². The Kier molecular flexibility index (Phi) is 7.20. The zero-order chi connectivity index (χ0) is 24.2. The van der Waals surface area contributed by atoms with Crippen LogP contribution in [0, 0.1) is 24.0 Å². The predicted octanol–water partition coefficient (Wildman–Crippen LogP) is 6.81. The van der Waals surface area contributed by atoms with Crippen molar-refractivity contribution in [3.05, 3.63) is 86.7 Å². The van der Waals surface area contributed by atoms with Crippen LogP contribution in [0.15, 0.2) is 53.6 Å². The molecule has 2 aromatic carbocycles. The van der Waals surface area contributed by atoms with Crippen LogP contribution in [0.5, 0.6) is 0 Å². The Morgan fingerprint density at radius 2 is 1.82 bits per heavy atom. The summed E-state index contributed by atoms with van der Waals surface area (Å²) >= 11 is 0. The van der Waals surface area contributed by atoms with Gasteiger partial charge in [-0.1, -0.05) is 25.5 Å². The lowest BCUT2D eigenvalue weighted by Crippen LogP contribution is -2.06. The van der Waals surface area contributed by atoms with E-state index in [-0.39, 0.29) is 5.69 Å². The number of aryl methyl sites for hydroxylation is 2. The average molecular weight is 458 g/mol. The predicted molar refractivity (Wildman–Crippen MR) is 123 cm³/mol. The number of nitrogens with zero attached hydrogens (tertiary/aromatic N) is 3. The number of anilines is 1. The van der Waals surface area contributed by atoms with Gasteiger partial charge in [-0.15, -0.1) is 0 Å². The fourth-order valence-corrected chi connectivity index (χ4v) is 3.63. The van der Waals surface area contributed by atoms with Crippen molar-refractivity contribution in [2.24, 2.45) is 5.10 Å². The van der Waals surface area contributed by atoms with E-state index in [9.17, 15) is 23.3 Å². The first kappa shape index (κ1) is 24.0. The van der Waals surface area contributed by atoms with Crippen LogP contribution in [0.4, 0.5) is 24.5 Å². The molecule has 0 aliphatic carbocycles. The van der Waals surface area contributed by atoms with Gasteiger partial charge in [0.2, 0.25) is 0 Å². The largest absolute Gasteiger partial charge is 0.416 e. The molecule has 0 bridgehead atoms. The Morgan fingerprint density at radius 3 is 2.42 bits per heavy atom. The van der Waals surface area contributed by atoms with Crippen molar-refractivity contribution >= 4 is 17.6 Å². The van der Waals surface area contributed by atoms with E-state index < -0.39 is 22.4 Å². The summed E-state index contributed by atoms with van der Waals surface area (Å²) < 4.78 is 40.7. The molecule has 0 unspecified atom stereocenters. The van der Waals surface area contributed by atoms with Crippen molar-refractivity contribution in [1.82, 2.24) is 4.57 Å². The van der Waals surface area contributed by atoms with Crippen molar-refractivity contribution in [2.45, 2.75) is 46.2 Å². The van der Waals surface area contributed by atoms with Gasteiger partial charge in [0, 0.05) is 28.7 Å². The van der Waals surface area contributed by atoms with Gasteiger partial charge >= 0.3 is 6.18 Å². The van der Waals surface area contributed by atoms with Gasteiger partial charge in [-0.3, -0.25) is 15.5 Å². The molecule has 3 rings (SSSR count). The summed E-state index contributed by atoms with van der Waals surface area (Å²) in [7, 11) is 0. The van der Waals surface area contributed by atoms with Crippen LogP contribution in [0.2, 0.25) is 0 Å². The molecule has 1 heterocycles. The summed E-state index contributed by atoms with van der Waals surface area (Å²) in [5.74, 6) is 0. The first-order valence-electron chi connectivity index (χ1n) is 10.5. The molecular weight excluding hydrogens is 433 g/mol. The van der Waals surface area contributed by atoms with E-state index in [1.807, 2.05) is 19.9 Å². The van der Waals surface area contributed by atoms with E-state index in [1.54, 1.807) is 0 Å². The lowest BCUT2D eigenvalue weighted by atomic mass is 10.1. The van der Waals surface area contributed by atoms with Gasteiger partial charge in [0.05, 0.1) is 16.7 Å². The maximum Gasteiger partial charge on any atom is 0.416 e. The first-order chi connectivity index (χ1) is 15.6. The highest BCUT2D eigenvalue weighted by molar-refractivity contribution is 5.83. The van der Waals surface area contributed by atoms with Crippen molar-refractivity contribution < 1.29 is 18.1 Å². The molecule has 0 amide bonds. The minimum atomic E-state index is -4.67. The smallest absolute Gasteiger partial charge is 0.318 e. The number of aromatic nitrogens is 1. The third-order valence-corrected chi connectivity index (χ3v) is 5.39. The van der Waals surface area contributed by atoms with E-state index >= 15 is 0 Å². The summed E-state index contributed by atoms with van der Waals surface area (Å²) in [5.41, 5.74) is 5.56. The van der Waals surface area contributed by atoms with Gasteiger partial charge in [-0.25, -0.2) is 0 Å². The molecule has 0 spiro atoms. The van der Waals surface area contributed by atoms with Crippen LogP contribution < -0.4 is 5.43 Å². The molecule has 0 radical (unpaired) electrons. The van der Waals surface area contributed by atoms with Crippen molar-refractivity contribution in [3.63, 3.8) is 0 Å². The zero-order valence-corrected chi connectivity index (χ0v) is 18.6. The Hall–Kier alpha value is -3.62. The Balaban J connectivity index is 1.81. The first-order valence-corrected chi connectivity index (χ1v) is 10.5. The van der Waals surface area contributed by atoms with E-state index in [4.69, 9.17) is 0 Å². The number of benzene rings is 2. The number of nitrogens with one attached hydrogen (secondary N) is 1. The van der Waals surface area contributed by atoms with Gasteiger partial charge in [-0.05, 0) is 62.6 Å². The van der Waals surface area contributed by atoms with Gasteiger partial charge in [0.1, 0.15) is 5.69 Å². The number of unbranched alkanes of at least 4 members (excludes halogenated alkanes) is 1. The van der Waals surface area contributed by atoms with E-state index in [2.05, 4.69) is 46.3 Å². The van der Waals surface area contributed by atoms with Gasteiger partial charge < -0.3 is 4.57 Å². The molecule has 9 heteroatoms. The van der Waals surface area contributed by atoms with Crippen molar-refractivity contribution in [2.75, 3.05) is 5.43 Å². The average Bonchev–Trinajstić information content (AvgIpc) is 3.05. The van der Waals surface area contributed by atoms with Crippen LogP contribution in [-0.2, 0) is 12.6 Å². The summed E-state index contributed by atoms with van der Waals surface area (Å²) in [5, 5.41) is 15.2. The maximum absolute atomic E-state index is 12.9. The molecule has 0 saturated heterocycles. The number of rotatable bonds is 8. The molecule has 0 saturated carbocycles. The maximum atomic E-state index is 12.9. The highest BCUT2D eigenvalue weighted by Crippen LogP contribution is 2.35.